The summed E-state index contributed by atoms with van der Waals surface area (Å²) in [5.41, 5.74) is -0.677. The highest BCUT2D eigenvalue weighted by Crippen LogP contribution is 2.47. The van der Waals surface area contributed by atoms with Crippen molar-refractivity contribution < 1.29 is 63.5 Å². The van der Waals surface area contributed by atoms with E-state index in [2.05, 4.69) is 20.4 Å². The number of aliphatic hydroxyl groups excluding tert-OH is 3. The van der Waals surface area contributed by atoms with E-state index in [0.717, 1.165) is 50.7 Å². The minimum atomic E-state index is -2.07. The molecule has 58 heavy (non-hydrogen) atoms. The number of rotatable bonds is 10. The molecule has 7 heterocycles. The third-order valence-electron chi connectivity index (χ3n) is 14.0. The lowest BCUT2D eigenvalue weighted by Crippen LogP contribution is -2.60. The van der Waals surface area contributed by atoms with Gasteiger partial charge in [-0.1, -0.05) is 45.1 Å². The maximum atomic E-state index is 11.5. The highest BCUT2D eigenvalue weighted by molar-refractivity contribution is 5.74. The Kier molecular flexibility index (Phi) is 14.1. The first-order valence-corrected chi connectivity index (χ1v) is 21.6. The zero-order chi connectivity index (χ0) is 40.9. The highest BCUT2D eigenvalue weighted by Gasteiger charge is 2.55. The summed E-state index contributed by atoms with van der Waals surface area (Å²) in [4.78, 5) is 11.5. The van der Waals surface area contributed by atoms with Crippen molar-refractivity contribution in [3.05, 3.63) is 36.0 Å². The molecular weight excluding hydrogens is 750 g/mol. The second kappa shape index (κ2) is 17.9. The molecule has 0 aromatic heterocycles. The number of carboxylic acids is 1. The first-order valence-electron chi connectivity index (χ1n) is 21.6. The number of fused-ring (bicyclic) bond motifs is 1. The van der Waals surface area contributed by atoms with Gasteiger partial charge in [-0.3, -0.25) is 0 Å². The molecule has 8 N–H and O–H groups in total. The molecule has 0 aromatic rings. The van der Waals surface area contributed by atoms with Crippen LogP contribution in [0, 0.1) is 17.8 Å². The summed E-state index contributed by atoms with van der Waals surface area (Å²) in [5, 5.41) is 56.0. The van der Waals surface area contributed by atoms with E-state index in [-0.39, 0.29) is 42.7 Å². The minimum Gasteiger partial charge on any atom is -0.547 e. The van der Waals surface area contributed by atoms with E-state index in [1.807, 2.05) is 26.0 Å². The smallest absolute Gasteiger partial charge is 0.215 e. The molecule has 330 valence electrons. The second-order valence-corrected chi connectivity index (χ2v) is 18.9. The van der Waals surface area contributed by atoms with Crippen molar-refractivity contribution in [3.8, 4) is 0 Å². The minimum absolute atomic E-state index is 0. The van der Waals surface area contributed by atoms with Crippen LogP contribution in [0.1, 0.15) is 125 Å². The average Bonchev–Trinajstić information content (AvgIpc) is 3.56. The molecule has 7 rings (SSSR count). The van der Waals surface area contributed by atoms with E-state index in [1.165, 1.54) is 6.92 Å². The maximum Gasteiger partial charge on any atom is 0.215 e. The van der Waals surface area contributed by atoms with Crippen LogP contribution in [0.25, 0.3) is 0 Å². The first-order chi connectivity index (χ1) is 26.9. The standard InChI is InChI=1S/C44H68O13.H3N/c1-25-21-34(55-44(23-25)35(46)12-11-31(54-44)24-41(6,50)40(48)49)26(2)9-10-30-14-18-43(53-30)19-15-33-39(57-43)36(47)29(5)38(52-33)32(45)22-28(4)37-27(3)13-17-42(56-37)16-7-8-20-51-42;/h9-10,23,26-28,30-39,45-47,50H,5,7-8,11-22,24H2,1-4,6H3,(H,48,49);1H3/b10-9+;/t26-,27-,28+,30+,31+,32+,33-,34-,35-,36-,37+,38+,39-,41-,42+,43+,44-;/m1./s1. The van der Waals surface area contributed by atoms with Crippen LogP contribution < -0.4 is 11.3 Å². The normalized spacial score (nSPS) is 44.6. The summed E-state index contributed by atoms with van der Waals surface area (Å²) in [6, 6.07) is 0. The molecule has 17 atom stereocenters. The molecule has 0 unspecified atom stereocenters. The Hall–Kier alpha value is -1.79. The van der Waals surface area contributed by atoms with E-state index in [9.17, 15) is 30.3 Å². The lowest BCUT2D eigenvalue weighted by Gasteiger charge is -2.50. The number of hydrogen-bond acceptors (Lipinski definition) is 13. The Bertz CT molecular complexity index is 1510. The maximum absolute atomic E-state index is 11.5. The van der Waals surface area contributed by atoms with Crippen molar-refractivity contribution in [2.45, 2.75) is 209 Å². The molecule has 0 aliphatic carbocycles. The van der Waals surface area contributed by atoms with Gasteiger partial charge in [0.05, 0.1) is 49.2 Å². The molecule has 0 aromatic carbocycles. The highest BCUT2D eigenvalue weighted by atomic mass is 16.7. The summed E-state index contributed by atoms with van der Waals surface area (Å²) < 4.78 is 45.2. The van der Waals surface area contributed by atoms with Gasteiger partial charge in [0.1, 0.15) is 30.0 Å². The fraction of sp³-hybridized carbons (Fsp3) is 0.841. The molecular formula is C44H71NO13. The van der Waals surface area contributed by atoms with E-state index in [4.69, 9.17) is 33.2 Å². The summed E-state index contributed by atoms with van der Waals surface area (Å²) in [7, 11) is 0. The summed E-state index contributed by atoms with van der Waals surface area (Å²) in [6.45, 7) is 14.4. The van der Waals surface area contributed by atoms with Crippen molar-refractivity contribution in [1.29, 1.82) is 0 Å². The SMILES string of the molecule is C=C1[C@@H](O)[C@@H]2O[C@@]3(CC[C@H](/C=C/[C@@H](C)[C@H]4CC(C)=C[C@@]5(O[C@H](C[C@@](C)(O)C(=O)[O-])CC[C@H]5O)O4)O3)CC[C@H]2O[C@@H]1[C@@H](O)C[C@H](C)[C@H]1O[C@@]2(CCCCO2)CC[C@H]1C.[NH4+]. The molecule has 3 spiro atoms. The molecule has 6 fully saturated rings. The van der Waals surface area contributed by atoms with Crippen molar-refractivity contribution in [2.24, 2.45) is 17.8 Å². The lowest BCUT2D eigenvalue weighted by atomic mass is 9.79. The lowest BCUT2D eigenvalue weighted by molar-refractivity contribution is -0.336. The van der Waals surface area contributed by atoms with E-state index < -0.39 is 71.7 Å². The number of carboxylic acid groups (broad SMARTS) is 1. The topological polar surface area (TPSA) is 222 Å². The Balaban J connectivity index is 0.00000567. The number of ether oxygens (including phenoxy) is 7. The van der Waals surface area contributed by atoms with Crippen molar-refractivity contribution in [2.75, 3.05) is 6.61 Å². The van der Waals surface area contributed by atoms with Crippen LogP contribution in [-0.2, 0) is 38.0 Å². The van der Waals surface area contributed by atoms with Crippen molar-refractivity contribution in [1.82, 2.24) is 6.15 Å². The van der Waals surface area contributed by atoms with Crippen molar-refractivity contribution >= 4 is 5.97 Å². The zero-order valence-electron chi connectivity index (χ0n) is 35.5. The van der Waals surface area contributed by atoms with Crippen LogP contribution in [0.5, 0.6) is 0 Å². The third kappa shape index (κ3) is 9.48. The summed E-state index contributed by atoms with van der Waals surface area (Å²) in [6.07, 6.45) is 9.10. The Morgan fingerprint density at radius 1 is 1.02 bits per heavy atom. The molecule has 7 aliphatic heterocycles. The quantitative estimate of drug-likeness (QED) is 0.195. The predicted molar refractivity (Wildman–Crippen MR) is 211 cm³/mol. The number of aliphatic hydroxyl groups is 4. The number of hydrogen-bond donors (Lipinski definition) is 5. The van der Waals surface area contributed by atoms with Crippen LogP contribution in [-0.4, -0.2) is 117 Å². The van der Waals surface area contributed by atoms with Gasteiger partial charge in [0.25, 0.3) is 0 Å². The molecule has 0 radical (unpaired) electrons. The monoisotopic (exact) mass is 821 g/mol. The Labute approximate surface area is 343 Å². The van der Waals surface area contributed by atoms with E-state index in [0.29, 0.717) is 56.4 Å². The molecule has 14 nitrogen and oxygen atoms in total. The third-order valence-corrected chi connectivity index (χ3v) is 14.0. The van der Waals surface area contributed by atoms with Gasteiger partial charge >= 0.3 is 0 Å². The van der Waals surface area contributed by atoms with E-state index in [1.54, 1.807) is 6.08 Å². The van der Waals surface area contributed by atoms with Crippen LogP contribution in [0.3, 0.4) is 0 Å². The molecule has 14 heteroatoms. The van der Waals surface area contributed by atoms with Gasteiger partial charge in [-0.25, -0.2) is 0 Å². The first kappa shape index (κ1) is 45.7. The fourth-order valence-electron chi connectivity index (χ4n) is 10.5. The van der Waals surface area contributed by atoms with Crippen LogP contribution in [0.4, 0.5) is 0 Å². The Morgan fingerprint density at radius 3 is 2.48 bits per heavy atom. The van der Waals surface area contributed by atoms with Crippen LogP contribution in [0.2, 0.25) is 0 Å². The van der Waals surface area contributed by atoms with Gasteiger partial charge in [0, 0.05) is 38.0 Å². The largest absolute Gasteiger partial charge is 0.547 e. The van der Waals surface area contributed by atoms with Gasteiger partial charge in [0.2, 0.25) is 5.79 Å². The van der Waals surface area contributed by atoms with Crippen LogP contribution >= 0.6 is 0 Å². The molecule has 0 saturated carbocycles. The van der Waals surface area contributed by atoms with Gasteiger partial charge in [-0.2, -0.15) is 0 Å². The van der Waals surface area contributed by atoms with Gasteiger partial charge in [-0.15, -0.1) is 0 Å². The second-order valence-electron chi connectivity index (χ2n) is 18.9. The molecule has 0 amide bonds. The Morgan fingerprint density at radius 2 is 1.76 bits per heavy atom. The van der Waals surface area contributed by atoms with Gasteiger partial charge in [-0.05, 0) is 95.1 Å². The fourth-order valence-corrected chi connectivity index (χ4v) is 10.5. The van der Waals surface area contributed by atoms with Gasteiger partial charge in [0.15, 0.2) is 11.6 Å². The number of quaternary nitrogens is 1. The van der Waals surface area contributed by atoms with Crippen molar-refractivity contribution in [3.63, 3.8) is 0 Å². The number of aliphatic carboxylic acids is 1. The molecule has 0 bridgehead atoms. The summed E-state index contributed by atoms with van der Waals surface area (Å²) in [5.74, 6) is -4.11. The number of carbonyl (C=O) groups is 1. The van der Waals surface area contributed by atoms with E-state index >= 15 is 0 Å². The van der Waals surface area contributed by atoms with Gasteiger partial charge < -0.3 is 69.6 Å². The molecule has 7 aliphatic rings. The zero-order valence-corrected chi connectivity index (χ0v) is 35.5. The van der Waals surface area contributed by atoms with Crippen LogP contribution in [0.15, 0.2) is 36.0 Å². The summed E-state index contributed by atoms with van der Waals surface area (Å²) >= 11 is 0. The molecule has 6 saturated heterocycles. The average molecular weight is 822 g/mol. The predicted octanol–water partition coefficient (Wildman–Crippen LogP) is 4.26. The number of carbonyl (C=O) groups excluding carboxylic acids is 1.